The molecule has 0 unspecified atom stereocenters. The lowest BCUT2D eigenvalue weighted by molar-refractivity contribution is -0.137. The highest BCUT2D eigenvalue weighted by molar-refractivity contribution is 5.79. The van der Waals surface area contributed by atoms with Gasteiger partial charge in [-0.15, -0.1) is 15.3 Å². The number of carbonyl (C=O) groups excluding carboxylic acids is 2. The summed E-state index contributed by atoms with van der Waals surface area (Å²) in [6.45, 7) is 9.30. The van der Waals surface area contributed by atoms with Crippen molar-refractivity contribution in [3.63, 3.8) is 0 Å². The van der Waals surface area contributed by atoms with Crippen molar-refractivity contribution in [3.05, 3.63) is 18.5 Å². The smallest absolute Gasteiger partial charge is 0.407 e. The number of fused-ring (bicyclic) bond motifs is 1. The molecule has 2 saturated heterocycles. The average molecular weight is 444 g/mol. The van der Waals surface area contributed by atoms with Crippen LogP contribution < -0.4 is 10.2 Å². The molecule has 0 aromatic carbocycles. The van der Waals surface area contributed by atoms with Crippen LogP contribution in [0.25, 0.3) is 5.65 Å². The second-order valence-electron chi connectivity index (χ2n) is 9.74. The highest BCUT2D eigenvalue weighted by Gasteiger charge is 2.31. The number of nitrogens with zero attached hydrogens (tertiary/aromatic N) is 6. The summed E-state index contributed by atoms with van der Waals surface area (Å²) in [5.41, 5.74) is 0.234. The highest BCUT2D eigenvalue weighted by atomic mass is 16.6. The maximum absolute atomic E-state index is 13.0. The fourth-order valence-electron chi connectivity index (χ4n) is 4.40. The molecule has 2 amide bonds. The molecule has 2 aliphatic rings. The predicted octanol–water partition coefficient (Wildman–Crippen LogP) is 2.10. The van der Waals surface area contributed by atoms with E-state index in [-0.39, 0.29) is 17.9 Å². The van der Waals surface area contributed by atoms with Gasteiger partial charge in [-0.2, -0.15) is 4.52 Å². The number of piperidine rings is 2. The predicted molar refractivity (Wildman–Crippen MR) is 119 cm³/mol. The van der Waals surface area contributed by atoms with Crippen LogP contribution in [0.4, 0.5) is 10.6 Å². The summed E-state index contributed by atoms with van der Waals surface area (Å²) in [7, 11) is 0. The summed E-state index contributed by atoms with van der Waals surface area (Å²) >= 11 is 0. The molecule has 0 radical (unpaired) electrons. The first kappa shape index (κ1) is 22.3. The van der Waals surface area contributed by atoms with Crippen LogP contribution in [0.3, 0.4) is 0 Å². The van der Waals surface area contributed by atoms with Gasteiger partial charge in [-0.05, 0) is 64.5 Å². The Morgan fingerprint density at radius 3 is 2.50 bits per heavy atom. The van der Waals surface area contributed by atoms with Gasteiger partial charge in [0.25, 0.3) is 0 Å². The molecule has 0 bridgehead atoms. The molecule has 32 heavy (non-hydrogen) atoms. The number of amides is 2. The minimum absolute atomic E-state index is 0.0707. The SMILES string of the molecule is CC(C)(C)OC(=O)NCC1CCN(C(=O)C2CCN(c3ccc4nncn4n3)CC2)CC1. The molecule has 0 spiro atoms. The number of likely N-dealkylation sites (tertiary alicyclic amines) is 1. The lowest BCUT2D eigenvalue weighted by Gasteiger charge is -2.37. The van der Waals surface area contributed by atoms with Crippen LogP contribution in [0.15, 0.2) is 18.5 Å². The molecule has 2 aromatic heterocycles. The van der Waals surface area contributed by atoms with Crippen LogP contribution in [0.2, 0.25) is 0 Å². The van der Waals surface area contributed by atoms with E-state index >= 15 is 0 Å². The summed E-state index contributed by atoms with van der Waals surface area (Å²) in [4.78, 5) is 29.1. The molecule has 2 fully saturated rings. The Morgan fingerprint density at radius 2 is 1.81 bits per heavy atom. The van der Waals surface area contributed by atoms with Gasteiger partial charge in [0.2, 0.25) is 5.91 Å². The van der Waals surface area contributed by atoms with Crippen molar-refractivity contribution in [3.8, 4) is 0 Å². The lowest BCUT2D eigenvalue weighted by Crippen LogP contribution is -2.47. The first-order valence-corrected chi connectivity index (χ1v) is 11.5. The molecule has 2 aliphatic heterocycles. The van der Waals surface area contributed by atoms with Crippen molar-refractivity contribution in [1.82, 2.24) is 30.0 Å². The van der Waals surface area contributed by atoms with Gasteiger partial charge >= 0.3 is 6.09 Å². The third kappa shape index (κ3) is 5.46. The molecule has 4 heterocycles. The lowest BCUT2D eigenvalue weighted by atomic mass is 9.92. The molecular weight excluding hydrogens is 410 g/mol. The summed E-state index contributed by atoms with van der Waals surface area (Å²) in [5, 5.41) is 15.3. The summed E-state index contributed by atoms with van der Waals surface area (Å²) < 4.78 is 6.97. The van der Waals surface area contributed by atoms with Crippen LogP contribution in [0.1, 0.15) is 46.5 Å². The van der Waals surface area contributed by atoms with Crippen molar-refractivity contribution in [1.29, 1.82) is 0 Å². The Bertz CT molecular complexity index is 938. The minimum Gasteiger partial charge on any atom is -0.444 e. The number of rotatable bonds is 4. The topological polar surface area (TPSA) is 105 Å². The van der Waals surface area contributed by atoms with Gasteiger partial charge in [0.05, 0.1) is 0 Å². The number of ether oxygens (including phenoxy) is 1. The van der Waals surface area contributed by atoms with E-state index in [0.29, 0.717) is 12.5 Å². The monoisotopic (exact) mass is 443 g/mol. The molecule has 0 saturated carbocycles. The molecule has 1 N–H and O–H groups in total. The largest absolute Gasteiger partial charge is 0.444 e. The normalized spacial score (nSPS) is 18.7. The number of aromatic nitrogens is 4. The van der Waals surface area contributed by atoms with Crippen molar-refractivity contribution in [2.75, 3.05) is 37.6 Å². The van der Waals surface area contributed by atoms with E-state index in [1.165, 1.54) is 0 Å². The number of hydrogen-bond acceptors (Lipinski definition) is 7. The molecular formula is C22H33N7O3. The summed E-state index contributed by atoms with van der Waals surface area (Å²) in [6.07, 6.45) is 4.71. The van der Waals surface area contributed by atoms with Gasteiger partial charge in [0.1, 0.15) is 17.7 Å². The third-order valence-corrected chi connectivity index (χ3v) is 6.18. The zero-order valence-corrected chi connectivity index (χ0v) is 19.2. The van der Waals surface area contributed by atoms with Crippen molar-refractivity contribution < 1.29 is 14.3 Å². The van der Waals surface area contributed by atoms with Gasteiger partial charge in [-0.1, -0.05) is 0 Å². The van der Waals surface area contributed by atoms with Crippen LogP contribution in [0.5, 0.6) is 0 Å². The Labute approximate surface area is 188 Å². The van der Waals surface area contributed by atoms with Gasteiger partial charge in [0, 0.05) is 38.6 Å². The Kier molecular flexibility index (Phi) is 6.48. The number of carbonyl (C=O) groups is 2. The Hall–Kier alpha value is -2.91. The quantitative estimate of drug-likeness (QED) is 0.771. The van der Waals surface area contributed by atoms with E-state index in [9.17, 15) is 9.59 Å². The molecule has 0 aliphatic carbocycles. The van der Waals surface area contributed by atoms with E-state index < -0.39 is 5.60 Å². The number of hydrogen-bond donors (Lipinski definition) is 1. The second-order valence-corrected chi connectivity index (χ2v) is 9.74. The fourth-order valence-corrected chi connectivity index (χ4v) is 4.40. The molecule has 4 rings (SSSR count). The van der Waals surface area contributed by atoms with Gasteiger partial charge in [0.15, 0.2) is 5.65 Å². The maximum atomic E-state index is 13.0. The fraction of sp³-hybridized carbons (Fsp3) is 0.682. The summed E-state index contributed by atoms with van der Waals surface area (Å²) in [6, 6.07) is 3.87. The molecule has 10 nitrogen and oxygen atoms in total. The van der Waals surface area contributed by atoms with Crippen LogP contribution >= 0.6 is 0 Å². The maximum Gasteiger partial charge on any atom is 0.407 e. The molecule has 0 atom stereocenters. The molecule has 174 valence electrons. The van der Waals surface area contributed by atoms with E-state index in [1.807, 2.05) is 37.8 Å². The third-order valence-electron chi connectivity index (χ3n) is 6.18. The van der Waals surface area contributed by atoms with Gasteiger partial charge in [-0.25, -0.2) is 4.79 Å². The number of nitrogens with one attached hydrogen (secondary N) is 1. The zero-order valence-electron chi connectivity index (χ0n) is 19.2. The molecule has 10 heteroatoms. The Balaban J connectivity index is 1.20. The van der Waals surface area contributed by atoms with Crippen LogP contribution in [-0.4, -0.2) is 75.0 Å². The number of anilines is 1. The first-order chi connectivity index (χ1) is 15.3. The molecule has 2 aromatic rings. The van der Waals surface area contributed by atoms with Gasteiger partial charge in [-0.3, -0.25) is 4.79 Å². The Morgan fingerprint density at radius 1 is 1.09 bits per heavy atom. The van der Waals surface area contributed by atoms with Crippen LogP contribution in [-0.2, 0) is 9.53 Å². The first-order valence-electron chi connectivity index (χ1n) is 11.5. The van der Waals surface area contributed by atoms with E-state index in [4.69, 9.17) is 4.74 Å². The van der Waals surface area contributed by atoms with E-state index in [0.717, 1.165) is 63.3 Å². The average Bonchev–Trinajstić information content (AvgIpc) is 3.24. The van der Waals surface area contributed by atoms with Crippen molar-refractivity contribution >= 4 is 23.5 Å². The minimum atomic E-state index is -0.491. The van der Waals surface area contributed by atoms with E-state index in [1.54, 1.807) is 10.8 Å². The standard InChI is InChI=1S/C22H33N7O3/c1-22(2,3)32-21(31)23-14-16-6-10-28(11-7-16)20(30)17-8-12-27(13-9-17)19-5-4-18-25-24-15-29(18)26-19/h4-5,15-17H,6-14H2,1-3H3,(H,23,31). The van der Waals surface area contributed by atoms with Crippen LogP contribution in [0, 0.1) is 11.8 Å². The number of alkyl carbamates (subject to hydrolysis) is 1. The van der Waals surface area contributed by atoms with E-state index in [2.05, 4.69) is 25.5 Å². The van der Waals surface area contributed by atoms with Gasteiger partial charge < -0.3 is 19.9 Å². The highest BCUT2D eigenvalue weighted by Crippen LogP contribution is 2.26. The summed E-state index contributed by atoms with van der Waals surface area (Å²) in [5.74, 6) is 1.61. The second kappa shape index (κ2) is 9.30. The van der Waals surface area contributed by atoms with Crippen molar-refractivity contribution in [2.45, 2.75) is 52.1 Å². The zero-order chi connectivity index (χ0) is 22.7. The van der Waals surface area contributed by atoms with Crippen molar-refractivity contribution in [2.24, 2.45) is 11.8 Å².